The van der Waals surface area contributed by atoms with E-state index >= 15 is 0 Å². The van der Waals surface area contributed by atoms with Gasteiger partial charge in [-0.15, -0.1) is 0 Å². The van der Waals surface area contributed by atoms with Gasteiger partial charge in [-0.05, 0) is 31.2 Å². The maximum Gasteiger partial charge on any atom is 0.303 e. The van der Waals surface area contributed by atoms with Crippen LogP contribution >= 0.6 is 0 Å². The minimum absolute atomic E-state index is 0.0720. The molecule has 0 radical (unpaired) electrons. The molecule has 90 valence electrons. The minimum atomic E-state index is -0.771. The number of hydrogen-bond acceptors (Lipinski definition) is 3. The molecule has 0 aliphatic rings. The predicted molar refractivity (Wildman–Crippen MR) is 59.7 cm³/mol. The van der Waals surface area contributed by atoms with Gasteiger partial charge in [-0.1, -0.05) is 13.8 Å². The Bertz CT molecular complexity index is 173. The molecule has 0 aromatic carbocycles. The molecule has 0 saturated carbocycles. The molecule has 0 amide bonds. The van der Waals surface area contributed by atoms with E-state index in [1.54, 1.807) is 0 Å². The van der Waals surface area contributed by atoms with E-state index in [1.165, 1.54) is 0 Å². The third kappa shape index (κ3) is 8.39. The maximum atomic E-state index is 10.5. The standard InChI is InChI=1S/C11H23NO3/c1-3-4-15-8-9(2)5-10(7-12)6-11(13)14/h9-10H,3-8,12H2,1-2H3,(H,13,14). The molecule has 4 nitrogen and oxygen atoms in total. The summed E-state index contributed by atoms with van der Waals surface area (Å²) in [5, 5.41) is 8.66. The Kier molecular flexibility index (Phi) is 8.33. The van der Waals surface area contributed by atoms with Crippen molar-refractivity contribution in [2.24, 2.45) is 17.6 Å². The number of carbonyl (C=O) groups is 1. The highest BCUT2D eigenvalue weighted by Crippen LogP contribution is 2.15. The topological polar surface area (TPSA) is 72.5 Å². The highest BCUT2D eigenvalue weighted by atomic mass is 16.5. The molecule has 2 unspecified atom stereocenters. The Morgan fingerprint density at radius 2 is 2.20 bits per heavy atom. The normalized spacial score (nSPS) is 14.9. The molecular weight excluding hydrogens is 194 g/mol. The van der Waals surface area contributed by atoms with Crippen LogP contribution < -0.4 is 5.73 Å². The molecule has 0 bridgehead atoms. The van der Waals surface area contributed by atoms with Crippen molar-refractivity contribution in [3.05, 3.63) is 0 Å². The highest BCUT2D eigenvalue weighted by Gasteiger charge is 2.15. The Morgan fingerprint density at radius 3 is 2.67 bits per heavy atom. The van der Waals surface area contributed by atoms with Crippen LogP contribution in [0.5, 0.6) is 0 Å². The van der Waals surface area contributed by atoms with Gasteiger partial charge >= 0.3 is 5.97 Å². The largest absolute Gasteiger partial charge is 0.481 e. The second-order valence-electron chi connectivity index (χ2n) is 4.12. The summed E-state index contributed by atoms with van der Waals surface area (Å²) >= 11 is 0. The van der Waals surface area contributed by atoms with Crippen LogP contribution in [0.2, 0.25) is 0 Å². The maximum absolute atomic E-state index is 10.5. The van der Waals surface area contributed by atoms with Gasteiger partial charge in [0.15, 0.2) is 0 Å². The highest BCUT2D eigenvalue weighted by molar-refractivity contribution is 5.67. The number of rotatable bonds is 9. The van der Waals surface area contributed by atoms with Gasteiger partial charge in [0.1, 0.15) is 0 Å². The van der Waals surface area contributed by atoms with Gasteiger partial charge in [0.25, 0.3) is 0 Å². The van der Waals surface area contributed by atoms with Crippen molar-refractivity contribution in [1.82, 2.24) is 0 Å². The number of aliphatic carboxylic acids is 1. The molecule has 0 aromatic heterocycles. The zero-order valence-electron chi connectivity index (χ0n) is 9.74. The van der Waals surface area contributed by atoms with Gasteiger partial charge in [-0.3, -0.25) is 4.79 Å². The number of carboxylic acid groups (broad SMARTS) is 1. The molecule has 0 aliphatic carbocycles. The van der Waals surface area contributed by atoms with Gasteiger partial charge in [-0.2, -0.15) is 0 Å². The van der Waals surface area contributed by atoms with Crippen molar-refractivity contribution in [2.45, 2.75) is 33.1 Å². The number of hydrogen-bond donors (Lipinski definition) is 2. The van der Waals surface area contributed by atoms with Crippen LogP contribution in [0.15, 0.2) is 0 Å². The molecule has 0 heterocycles. The molecule has 4 heteroatoms. The van der Waals surface area contributed by atoms with Crippen molar-refractivity contribution >= 4 is 5.97 Å². The lowest BCUT2D eigenvalue weighted by Gasteiger charge is -2.17. The van der Waals surface area contributed by atoms with Crippen LogP contribution in [-0.2, 0) is 9.53 Å². The Hall–Kier alpha value is -0.610. The van der Waals surface area contributed by atoms with Crippen molar-refractivity contribution in [1.29, 1.82) is 0 Å². The number of carboxylic acids is 1. The predicted octanol–water partition coefficient (Wildman–Crippen LogP) is 1.49. The van der Waals surface area contributed by atoms with Gasteiger partial charge in [-0.25, -0.2) is 0 Å². The lowest BCUT2D eigenvalue weighted by molar-refractivity contribution is -0.138. The van der Waals surface area contributed by atoms with Crippen molar-refractivity contribution in [2.75, 3.05) is 19.8 Å². The van der Waals surface area contributed by atoms with Crippen LogP contribution in [0.4, 0.5) is 0 Å². The van der Waals surface area contributed by atoms with Gasteiger partial charge in [0.05, 0.1) is 0 Å². The summed E-state index contributed by atoms with van der Waals surface area (Å²) in [4.78, 5) is 10.5. The van der Waals surface area contributed by atoms with E-state index in [9.17, 15) is 4.79 Å². The lowest BCUT2D eigenvalue weighted by Crippen LogP contribution is -2.22. The summed E-state index contributed by atoms with van der Waals surface area (Å²) in [7, 11) is 0. The molecule has 0 fully saturated rings. The summed E-state index contributed by atoms with van der Waals surface area (Å²) in [5.41, 5.74) is 5.52. The van der Waals surface area contributed by atoms with E-state index in [4.69, 9.17) is 15.6 Å². The fourth-order valence-electron chi connectivity index (χ4n) is 1.58. The van der Waals surface area contributed by atoms with Crippen molar-refractivity contribution < 1.29 is 14.6 Å². The first-order chi connectivity index (χ1) is 7.10. The Balaban J connectivity index is 3.69. The second kappa shape index (κ2) is 8.68. The Labute approximate surface area is 91.8 Å². The molecule has 0 saturated heterocycles. The van der Waals surface area contributed by atoms with Gasteiger partial charge in [0.2, 0.25) is 0 Å². The number of nitrogens with two attached hydrogens (primary N) is 1. The average Bonchev–Trinajstić information content (AvgIpc) is 2.16. The second-order valence-corrected chi connectivity index (χ2v) is 4.12. The quantitative estimate of drug-likeness (QED) is 0.574. The molecule has 3 N–H and O–H groups in total. The zero-order chi connectivity index (χ0) is 11.7. The van der Waals surface area contributed by atoms with Crippen LogP contribution in [0.25, 0.3) is 0 Å². The molecule has 0 spiro atoms. The third-order valence-corrected chi connectivity index (χ3v) is 2.28. The van der Waals surface area contributed by atoms with E-state index in [0.717, 1.165) is 19.4 Å². The number of ether oxygens (including phenoxy) is 1. The van der Waals surface area contributed by atoms with E-state index in [1.807, 2.05) is 0 Å². The third-order valence-electron chi connectivity index (χ3n) is 2.28. The summed E-state index contributed by atoms with van der Waals surface area (Å²) in [6, 6.07) is 0. The first kappa shape index (κ1) is 14.4. The average molecular weight is 217 g/mol. The van der Waals surface area contributed by atoms with Crippen LogP contribution in [0, 0.1) is 11.8 Å². The van der Waals surface area contributed by atoms with Crippen molar-refractivity contribution in [3.8, 4) is 0 Å². The first-order valence-electron chi connectivity index (χ1n) is 5.59. The van der Waals surface area contributed by atoms with Gasteiger partial charge < -0.3 is 15.6 Å². The van der Waals surface area contributed by atoms with Crippen LogP contribution in [-0.4, -0.2) is 30.8 Å². The smallest absolute Gasteiger partial charge is 0.303 e. The van der Waals surface area contributed by atoms with E-state index < -0.39 is 5.97 Å². The molecule has 15 heavy (non-hydrogen) atoms. The summed E-state index contributed by atoms with van der Waals surface area (Å²) in [6.07, 6.45) is 2.00. The fourth-order valence-corrected chi connectivity index (χ4v) is 1.58. The minimum Gasteiger partial charge on any atom is -0.481 e. The summed E-state index contributed by atoms with van der Waals surface area (Å²) in [5.74, 6) is -0.320. The van der Waals surface area contributed by atoms with Crippen LogP contribution in [0.1, 0.15) is 33.1 Å². The molecule has 0 rings (SSSR count). The van der Waals surface area contributed by atoms with E-state index in [0.29, 0.717) is 19.1 Å². The summed E-state index contributed by atoms with van der Waals surface area (Å²) < 4.78 is 5.41. The molecule has 0 aliphatic heterocycles. The first-order valence-corrected chi connectivity index (χ1v) is 5.59. The molecular formula is C11H23NO3. The Morgan fingerprint density at radius 1 is 1.53 bits per heavy atom. The van der Waals surface area contributed by atoms with E-state index in [-0.39, 0.29) is 12.3 Å². The van der Waals surface area contributed by atoms with E-state index in [2.05, 4.69) is 13.8 Å². The molecule has 0 aromatic rings. The SMILES string of the molecule is CCCOCC(C)CC(CN)CC(=O)O. The lowest BCUT2D eigenvalue weighted by atomic mass is 9.94. The van der Waals surface area contributed by atoms with Crippen molar-refractivity contribution in [3.63, 3.8) is 0 Å². The zero-order valence-corrected chi connectivity index (χ0v) is 9.74. The summed E-state index contributed by atoms with van der Waals surface area (Å²) in [6.45, 7) is 6.04. The monoisotopic (exact) mass is 217 g/mol. The molecule has 2 atom stereocenters. The van der Waals surface area contributed by atoms with Crippen LogP contribution in [0.3, 0.4) is 0 Å². The van der Waals surface area contributed by atoms with Gasteiger partial charge in [0, 0.05) is 19.6 Å². The fraction of sp³-hybridized carbons (Fsp3) is 0.909.